The Morgan fingerprint density at radius 2 is 1.81 bits per heavy atom. The van der Waals surface area contributed by atoms with Crippen molar-refractivity contribution in [2.24, 2.45) is 5.92 Å². The lowest BCUT2D eigenvalue weighted by Crippen LogP contribution is -2.28. The molecule has 1 saturated carbocycles. The van der Waals surface area contributed by atoms with Crippen LogP contribution in [0.15, 0.2) is 42.5 Å². The van der Waals surface area contributed by atoms with Gasteiger partial charge in [0.2, 0.25) is 5.91 Å². The van der Waals surface area contributed by atoms with E-state index in [0.717, 1.165) is 24.8 Å². The molecule has 0 aliphatic heterocycles. The molecule has 3 rings (SSSR count). The molecule has 7 heteroatoms. The fourth-order valence-electron chi connectivity index (χ4n) is 2.63. The Morgan fingerprint density at radius 1 is 1.08 bits per heavy atom. The van der Waals surface area contributed by atoms with Crippen molar-refractivity contribution < 1.29 is 19.5 Å². The molecule has 0 spiro atoms. The molecule has 134 valence electrons. The SMILES string of the molecule is O=C(O)c1cccc(C(=O)NCc2cccc(NC(=O)C3CCC3)c2)n1. The van der Waals surface area contributed by atoms with Crippen LogP contribution in [0, 0.1) is 5.92 Å². The summed E-state index contributed by atoms with van der Waals surface area (Å²) < 4.78 is 0. The zero-order valence-electron chi connectivity index (χ0n) is 14.1. The summed E-state index contributed by atoms with van der Waals surface area (Å²) in [6, 6.07) is 11.5. The molecule has 1 aliphatic carbocycles. The standard InChI is InChI=1S/C19H19N3O4/c23-17(13-5-2-6-13)21-14-7-1-4-12(10-14)11-20-18(24)15-8-3-9-16(22-15)19(25)26/h1,3-4,7-10,13H,2,5-6,11H2,(H,20,24)(H,21,23)(H,25,26). The van der Waals surface area contributed by atoms with E-state index >= 15 is 0 Å². The summed E-state index contributed by atoms with van der Waals surface area (Å²) in [5.41, 5.74) is 1.37. The normalized spacial score (nSPS) is 13.5. The van der Waals surface area contributed by atoms with Crippen LogP contribution < -0.4 is 10.6 Å². The Bertz CT molecular complexity index is 846. The van der Waals surface area contributed by atoms with Gasteiger partial charge in [-0.15, -0.1) is 0 Å². The molecule has 0 bridgehead atoms. The van der Waals surface area contributed by atoms with E-state index in [1.165, 1.54) is 18.2 Å². The summed E-state index contributed by atoms with van der Waals surface area (Å²) in [4.78, 5) is 38.9. The Hall–Kier alpha value is -3.22. The van der Waals surface area contributed by atoms with Crippen molar-refractivity contribution >= 4 is 23.5 Å². The molecule has 0 saturated heterocycles. The first kappa shape index (κ1) is 17.6. The number of carboxylic acids is 1. The van der Waals surface area contributed by atoms with Gasteiger partial charge in [0.05, 0.1) is 0 Å². The third-order valence-corrected chi connectivity index (χ3v) is 4.32. The predicted molar refractivity (Wildman–Crippen MR) is 94.8 cm³/mol. The Labute approximate surface area is 150 Å². The van der Waals surface area contributed by atoms with E-state index in [1.807, 2.05) is 6.07 Å². The highest BCUT2D eigenvalue weighted by Crippen LogP contribution is 2.27. The van der Waals surface area contributed by atoms with Crippen LogP contribution in [0.4, 0.5) is 5.69 Å². The van der Waals surface area contributed by atoms with Crippen LogP contribution in [-0.4, -0.2) is 27.9 Å². The number of hydrogen-bond donors (Lipinski definition) is 3. The number of amides is 2. The highest BCUT2D eigenvalue weighted by Gasteiger charge is 2.25. The van der Waals surface area contributed by atoms with Gasteiger partial charge in [0, 0.05) is 18.2 Å². The van der Waals surface area contributed by atoms with Crippen molar-refractivity contribution in [2.75, 3.05) is 5.32 Å². The zero-order chi connectivity index (χ0) is 18.5. The van der Waals surface area contributed by atoms with E-state index in [9.17, 15) is 14.4 Å². The Kier molecular flexibility index (Phi) is 5.26. The molecule has 0 radical (unpaired) electrons. The summed E-state index contributed by atoms with van der Waals surface area (Å²) in [5, 5.41) is 14.5. The Balaban J connectivity index is 1.59. The molecule has 7 nitrogen and oxygen atoms in total. The number of carboxylic acid groups (broad SMARTS) is 1. The van der Waals surface area contributed by atoms with Gasteiger partial charge in [0.1, 0.15) is 11.4 Å². The second-order valence-corrected chi connectivity index (χ2v) is 6.21. The number of carbonyl (C=O) groups excluding carboxylic acids is 2. The lowest BCUT2D eigenvalue weighted by atomic mass is 9.85. The van der Waals surface area contributed by atoms with Crippen LogP contribution in [0.1, 0.15) is 45.8 Å². The fourth-order valence-corrected chi connectivity index (χ4v) is 2.63. The van der Waals surface area contributed by atoms with E-state index in [-0.39, 0.29) is 29.8 Å². The highest BCUT2D eigenvalue weighted by molar-refractivity contribution is 5.94. The van der Waals surface area contributed by atoms with Gasteiger partial charge in [0.25, 0.3) is 5.91 Å². The van der Waals surface area contributed by atoms with Crippen LogP contribution >= 0.6 is 0 Å². The van der Waals surface area contributed by atoms with Crippen LogP contribution in [0.3, 0.4) is 0 Å². The number of aromatic carboxylic acids is 1. The quantitative estimate of drug-likeness (QED) is 0.739. The fraction of sp³-hybridized carbons (Fsp3) is 0.263. The highest BCUT2D eigenvalue weighted by atomic mass is 16.4. The molecule has 2 aromatic rings. The molecular weight excluding hydrogens is 334 g/mol. The molecular formula is C19H19N3O4. The van der Waals surface area contributed by atoms with E-state index in [1.54, 1.807) is 18.2 Å². The third kappa shape index (κ3) is 4.24. The zero-order valence-corrected chi connectivity index (χ0v) is 14.1. The first-order valence-corrected chi connectivity index (χ1v) is 8.41. The minimum atomic E-state index is -1.19. The second-order valence-electron chi connectivity index (χ2n) is 6.21. The maximum Gasteiger partial charge on any atom is 0.354 e. The smallest absolute Gasteiger partial charge is 0.354 e. The predicted octanol–water partition coefficient (Wildman–Crippen LogP) is 2.45. The van der Waals surface area contributed by atoms with Crippen molar-refractivity contribution in [3.8, 4) is 0 Å². The first-order chi connectivity index (χ1) is 12.5. The number of aromatic nitrogens is 1. The number of hydrogen-bond acceptors (Lipinski definition) is 4. The molecule has 1 aromatic carbocycles. The molecule has 3 N–H and O–H groups in total. The van der Waals surface area contributed by atoms with Gasteiger partial charge in [-0.05, 0) is 42.7 Å². The summed E-state index contributed by atoms with van der Waals surface area (Å²) in [7, 11) is 0. The van der Waals surface area contributed by atoms with Gasteiger partial charge in [-0.1, -0.05) is 24.6 Å². The molecule has 1 aliphatic rings. The van der Waals surface area contributed by atoms with Gasteiger partial charge in [0.15, 0.2) is 0 Å². The number of nitrogens with zero attached hydrogens (tertiary/aromatic N) is 1. The molecule has 1 aromatic heterocycles. The van der Waals surface area contributed by atoms with Crippen LogP contribution in [0.5, 0.6) is 0 Å². The molecule has 1 fully saturated rings. The number of rotatable bonds is 6. The maximum absolute atomic E-state index is 12.2. The molecule has 26 heavy (non-hydrogen) atoms. The second kappa shape index (κ2) is 7.77. The largest absolute Gasteiger partial charge is 0.477 e. The topological polar surface area (TPSA) is 108 Å². The summed E-state index contributed by atoms with van der Waals surface area (Å²) in [6.07, 6.45) is 2.97. The van der Waals surface area contributed by atoms with E-state index in [2.05, 4.69) is 15.6 Å². The number of carbonyl (C=O) groups is 3. The van der Waals surface area contributed by atoms with E-state index in [4.69, 9.17) is 5.11 Å². The first-order valence-electron chi connectivity index (χ1n) is 8.41. The lowest BCUT2D eigenvalue weighted by Gasteiger charge is -2.24. The average molecular weight is 353 g/mol. The minimum Gasteiger partial charge on any atom is -0.477 e. The van der Waals surface area contributed by atoms with Crippen molar-refractivity contribution in [1.29, 1.82) is 0 Å². The molecule has 1 heterocycles. The number of nitrogens with one attached hydrogen (secondary N) is 2. The maximum atomic E-state index is 12.2. The van der Waals surface area contributed by atoms with Gasteiger partial charge in [-0.2, -0.15) is 0 Å². The minimum absolute atomic E-state index is 0.0344. The van der Waals surface area contributed by atoms with Crippen LogP contribution in [-0.2, 0) is 11.3 Å². The van der Waals surface area contributed by atoms with Gasteiger partial charge >= 0.3 is 5.97 Å². The summed E-state index contributed by atoms with van der Waals surface area (Å²) in [6.45, 7) is 0.241. The Morgan fingerprint density at radius 3 is 2.50 bits per heavy atom. The number of anilines is 1. The summed E-state index contributed by atoms with van der Waals surface area (Å²) >= 11 is 0. The molecule has 0 atom stereocenters. The van der Waals surface area contributed by atoms with Crippen molar-refractivity contribution in [3.63, 3.8) is 0 Å². The van der Waals surface area contributed by atoms with Gasteiger partial charge in [-0.25, -0.2) is 9.78 Å². The van der Waals surface area contributed by atoms with Crippen molar-refractivity contribution in [3.05, 3.63) is 59.4 Å². The molecule has 2 amide bonds. The molecule has 0 unspecified atom stereocenters. The van der Waals surface area contributed by atoms with Gasteiger partial charge in [-0.3, -0.25) is 9.59 Å². The van der Waals surface area contributed by atoms with Gasteiger partial charge < -0.3 is 15.7 Å². The van der Waals surface area contributed by atoms with Crippen molar-refractivity contribution in [2.45, 2.75) is 25.8 Å². The van der Waals surface area contributed by atoms with E-state index < -0.39 is 11.9 Å². The van der Waals surface area contributed by atoms with Crippen molar-refractivity contribution in [1.82, 2.24) is 10.3 Å². The summed E-state index contributed by atoms with van der Waals surface area (Å²) in [5.74, 6) is -1.51. The number of benzene rings is 1. The number of pyridine rings is 1. The van der Waals surface area contributed by atoms with Crippen LogP contribution in [0.25, 0.3) is 0 Å². The lowest BCUT2D eigenvalue weighted by molar-refractivity contribution is -0.122. The van der Waals surface area contributed by atoms with Crippen LogP contribution in [0.2, 0.25) is 0 Å². The average Bonchev–Trinajstić information content (AvgIpc) is 2.58. The third-order valence-electron chi connectivity index (χ3n) is 4.32. The monoisotopic (exact) mass is 353 g/mol. The van der Waals surface area contributed by atoms with E-state index in [0.29, 0.717) is 5.69 Å².